The second kappa shape index (κ2) is 8.53. The summed E-state index contributed by atoms with van der Waals surface area (Å²) in [4.78, 5) is 20.4. The molecular formula is C22H21F2N3O2. The van der Waals surface area contributed by atoms with Gasteiger partial charge in [-0.2, -0.15) is 0 Å². The average Bonchev–Trinajstić information content (AvgIpc) is 3.24. The molecule has 0 bridgehead atoms. The number of aromatic nitrogens is 1. The lowest BCUT2D eigenvalue weighted by molar-refractivity contribution is -0.132. The SMILES string of the molecule is O=C(Cc1cnco1)N1CCN(C(c2ccc(F)cc2)c2ccc(F)cc2)CC1. The lowest BCUT2D eigenvalue weighted by atomic mass is 9.96. The Bertz CT molecular complexity index is 890. The van der Waals surface area contributed by atoms with Crippen molar-refractivity contribution in [3.63, 3.8) is 0 Å². The molecule has 0 unspecified atom stereocenters. The summed E-state index contributed by atoms with van der Waals surface area (Å²) in [5.41, 5.74) is 1.86. The molecule has 0 saturated carbocycles. The van der Waals surface area contributed by atoms with E-state index in [0.29, 0.717) is 31.9 Å². The van der Waals surface area contributed by atoms with Crippen molar-refractivity contribution in [1.29, 1.82) is 0 Å². The minimum absolute atomic E-state index is 0.00140. The highest BCUT2D eigenvalue weighted by Crippen LogP contribution is 2.30. The van der Waals surface area contributed by atoms with Gasteiger partial charge in [0.05, 0.1) is 18.7 Å². The van der Waals surface area contributed by atoms with Crippen molar-refractivity contribution in [1.82, 2.24) is 14.8 Å². The van der Waals surface area contributed by atoms with Gasteiger partial charge in [-0.25, -0.2) is 13.8 Å². The third-order valence-corrected chi connectivity index (χ3v) is 5.21. The second-order valence-electron chi connectivity index (χ2n) is 7.07. The van der Waals surface area contributed by atoms with Crippen LogP contribution in [0.2, 0.25) is 0 Å². The zero-order valence-corrected chi connectivity index (χ0v) is 15.8. The standard InChI is InChI=1S/C22H21F2N3O2/c23-18-5-1-16(2-6-18)22(17-3-7-19(24)8-4-17)27-11-9-26(10-12-27)21(28)13-20-14-25-15-29-20/h1-8,14-15,22H,9-13H2. The first-order chi connectivity index (χ1) is 14.1. The highest BCUT2D eigenvalue weighted by molar-refractivity contribution is 5.78. The highest BCUT2D eigenvalue weighted by atomic mass is 19.1. The van der Waals surface area contributed by atoms with Crippen molar-refractivity contribution in [3.05, 3.63) is 89.6 Å². The van der Waals surface area contributed by atoms with Crippen LogP contribution in [0, 0.1) is 11.6 Å². The van der Waals surface area contributed by atoms with E-state index in [1.54, 1.807) is 30.5 Å². The first-order valence-electron chi connectivity index (χ1n) is 9.50. The molecule has 5 nitrogen and oxygen atoms in total. The maximum atomic E-state index is 13.4. The summed E-state index contributed by atoms with van der Waals surface area (Å²) >= 11 is 0. The minimum atomic E-state index is -0.297. The van der Waals surface area contributed by atoms with Gasteiger partial charge >= 0.3 is 0 Å². The number of hydrogen-bond donors (Lipinski definition) is 0. The van der Waals surface area contributed by atoms with E-state index < -0.39 is 0 Å². The lowest BCUT2D eigenvalue weighted by Gasteiger charge is -2.39. The number of amides is 1. The maximum absolute atomic E-state index is 13.4. The molecule has 0 N–H and O–H groups in total. The Morgan fingerprint density at radius 1 is 0.931 bits per heavy atom. The van der Waals surface area contributed by atoms with Crippen LogP contribution in [0.25, 0.3) is 0 Å². The van der Waals surface area contributed by atoms with Crippen molar-refractivity contribution in [2.45, 2.75) is 12.5 Å². The average molecular weight is 397 g/mol. The zero-order valence-electron chi connectivity index (χ0n) is 15.8. The van der Waals surface area contributed by atoms with Crippen molar-refractivity contribution < 1.29 is 18.0 Å². The largest absolute Gasteiger partial charge is 0.448 e. The van der Waals surface area contributed by atoms with Crippen LogP contribution in [-0.2, 0) is 11.2 Å². The normalized spacial score (nSPS) is 15.1. The quantitative estimate of drug-likeness (QED) is 0.662. The molecule has 0 radical (unpaired) electrons. The number of piperazine rings is 1. The van der Waals surface area contributed by atoms with Crippen LogP contribution < -0.4 is 0 Å². The van der Waals surface area contributed by atoms with Gasteiger partial charge in [-0.15, -0.1) is 0 Å². The Kier molecular flexibility index (Phi) is 5.67. The monoisotopic (exact) mass is 397 g/mol. The van der Waals surface area contributed by atoms with Gasteiger partial charge in [0.25, 0.3) is 0 Å². The maximum Gasteiger partial charge on any atom is 0.230 e. The van der Waals surface area contributed by atoms with Crippen LogP contribution in [0.5, 0.6) is 0 Å². The number of nitrogens with zero attached hydrogens (tertiary/aromatic N) is 3. The molecular weight excluding hydrogens is 376 g/mol. The predicted molar refractivity (Wildman–Crippen MR) is 103 cm³/mol. The molecule has 0 spiro atoms. The third kappa shape index (κ3) is 4.51. The van der Waals surface area contributed by atoms with Crippen molar-refractivity contribution >= 4 is 5.91 Å². The molecule has 1 aliphatic heterocycles. The highest BCUT2D eigenvalue weighted by Gasteiger charge is 2.28. The number of halogens is 2. The van der Waals surface area contributed by atoms with E-state index in [-0.39, 0.29) is 30.0 Å². The first kappa shape index (κ1) is 19.3. The van der Waals surface area contributed by atoms with E-state index in [4.69, 9.17) is 4.42 Å². The van der Waals surface area contributed by atoms with Gasteiger partial charge in [-0.1, -0.05) is 24.3 Å². The van der Waals surface area contributed by atoms with Crippen LogP contribution in [-0.4, -0.2) is 46.9 Å². The molecule has 2 heterocycles. The van der Waals surface area contributed by atoms with Gasteiger partial charge in [0.2, 0.25) is 5.91 Å². The molecule has 3 aromatic rings. The Hall–Kier alpha value is -3.06. The van der Waals surface area contributed by atoms with E-state index >= 15 is 0 Å². The predicted octanol–water partition coefficient (Wildman–Crippen LogP) is 3.43. The van der Waals surface area contributed by atoms with E-state index in [1.807, 2.05) is 4.90 Å². The molecule has 1 aliphatic rings. The molecule has 150 valence electrons. The second-order valence-corrected chi connectivity index (χ2v) is 7.07. The van der Waals surface area contributed by atoms with Crippen molar-refractivity contribution in [3.8, 4) is 0 Å². The molecule has 0 aliphatic carbocycles. The summed E-state index contributed by atoms with van der Waals surface area (Å²) in [6, 6.07) is 12.6. The Morgan fingerprint density at radius 2 is 1.48 bits per heavy atom. The number of oxazole rings is 1. The van der Waals surface area contributed by atoms with Gasteiger partial charge in [-0.05, 0) is 35.4 Å². The molecule has 1 amide bonds. The topological polar surface area (TPSA) is 49.6 Å². The molecule has 2 aromatic carbocycles. The van der Waals surface area contributed by atoms with Crippen molar-refractivity contribution in [2.24, 2.45) is 0 Å². The summed E-state index contributed by atoms with van der Waals surface area (Å²) in [6.45, 7) is 2.46. The van der Waals surface area contributed by atoms with Gasteiger partial charge in [0.1, 0.15) is 17.4 Å². The number of benzene rings is 2. The van der Waals surface area contributed by atoms with Crippen LogP contribution in [0.4, 0.5) is 8.78 Å². The summed E-state index contributed by atoms with van der Waals surface area (Å²) in [6.07, 6.45) is 3.06. The molecule has 1 saturated heterocycles. The van der Waals surface area contributed by atoms with E-state index in [1.165, 1.54) is 30.7 Å². The van der Waals surface area contributed by atoms with E-state index in [9.17, 15) is 13.6 Å². The van der Waals surface area contributed by atoms with Crippen LogP contribution in [0.3, 0.4) is 0 Å². The molecule has 1 aromatic heterocycles. The summed E-state index contributed by atoms with van der Waals surface area (Å²) in [7, 11) is 0. The van der Waals surface area contributed by atoms with E-state index in [0.717, 1.165) is 11.1 Å². The zero-order chi connectivity index (χ0) is 20.2. The lowest BCUT2D eigenvalue weighted by Crippen LogP contribution is -2.50. The summed E-state index contributed by atoms with van der Waals surface area (Å²) in [5.74, 6) is -0.0432. The molecule has 4 rings (SSSR count). The van der Waals surface area contributed by atoms with Crippen LogP contribution in [0.15, 0.2) is 65.5 Å². The summed E-state index contributed by atoms with van der Waals surface area (Å²) < 4.78 is 32.0. The molecule has 29 heavy (non-hydrogen) atoms. The number of hydrogen-bond acceptors (Lipinski definition) is 4. The van der Waals surface area contributed by atoms with Crippen LogP contribution in [0.1, 0.15) is 22.9 Å². The smallest absolute Gasteiger partial charge is 0.230 e. The van der Waals surface area contributed by atoms with E-state index in [2.05, 4.69) is 9.88 Å². The first-order valence-corrected chi connectivity index (χ1v) is 9.50. The Morgan fingerprint density at radius 3 is 1.97 bits per heavy atom. The Balaban J connectivity index is 1.49. The van der Waals surface area contributed by atoms with Gasteiger partial charge in [-0.3, -0.25) is 9.69 Å². The fourth-order valence-electron chi connectivity index (χ4n) is 3.72. The molecule has 1 fully saturated rings. The number of rotatable bonds is 5. The van der Waals surface area contributed by atoms with Gasteiger partial charge < -0.3 is 9.32 Å². The van der Waals surface area contributed by atoms with Crippen LogP contribution >= 0.6 is 0 Å². The molecule has 7 heteroatoms. The third-order valence-electron chi connectivity index (χ3n) is 5.21. The number of carbonyl (C=O) groups is 1. The van der Waals surface area contributed by atoms with Crippen molar-refractivity contribution in [2.75, 3.05) is 26.2 Å². The van der Waals surface area contributed by atoms with Gasteiger partial charge in [0.15, 0.2) is 6.39 Å². The molecule has 0 atom stereocenters. The Labute approximate surface area is 167 Å². The summed E-state index contributed by atoms with van der Waals surface area (Å²) in [5, 5.41) is 0. The number of carbonyl (C=O) groups excluding carboxylic acids is 1. The fraction of sp³-hybridized carbons (Fsp3) is 0.273. The fourth-order valence-corrected chi connectivity index (χ4v) is 3.72. The van der Waals surface area contributed by atoms with Gasteiger partial charge in [0, 0.05) is 26.2 Å². The minimum Gasteiger partial charge on any atom is -0.448 e.